The molecule has 7 heteroatoms. The van der Waals surface area contributed by atoms with Crippen LogP contribution in [-0.2, 0) is 19.6 Å². The predicted molar refractivity (Wildman–Crippen MR) is 114 cm³/mol. The number of nitrogens with zero attached hydrogens (tertiary/aromatic N) is 1. The van der Waals surface area contributed by atoms with Crippen molar-refractivity contribution in [2.45, 2.75) is 43.5 Å². The standard InChI is InChI=1S/C22H28N2O4S/c1-17-11-12-19-21(15-17)29(26,27)24(2)20-10-6-5-9-18(20)22(19)23-13-7-3-4-8-14-28-16-25/h5-6,9-12,15-16,22-23H,3-4,7-8,13-14H2,1-2H3. The van der Waals surface area contributed by atoms with Crippen molar-refractivity contribution < 1.29 is 17.9 Å². The first kappa shape index (κ1) is 21.3. The van der Waals surface area contributed by atoms with Crippen LogP contribution < -0.4 is 9.62 Å². The molecule has 0 saturated carbocycles. The third-order valence-corrected chi connectivity index (χ3v) is 7.14. The second kappa shape index (κ2) is 9.41. The highest BCUT2D eigenvalue weighted by atomic mass is 32.2. The summed E-state index contributed by atoms with van der Waals surface area (Å²) in [6, 6.07) is 13.1. The molecule has 0 amide bonds. The number of aryl methyl sites for hydroxylation is 1. The van der Waals surface area contributed by atoms with E-state index in [1.807, 2.05) is 43.3 Å². The number of unbranched alkanes of at least 4 members (excludes halogenated alkanes) is 3. The van der Waals surface area contributed by atoms with Crippen molar-refractivity contribution in [2.75, 3.05) is 24.5 Å². The van der Waals surface area contributed by atoms with E-state index >= 15 is 0 Å². The lowest BCUT2D eigenvalue weighted by molar-refractivity contribution is -0.128. The van der Waals surface area contributed by atoms with E-state index in [2.05, 4.69) is 5.32 Å². The van der Waals surface area contributed by atoms with Crippen LogP contribution in [0.2, 0.25) is 0 Å². The Bertz CT molecular complexity index is 959. The van der Waals surface area contributed by atoms with Crippen molar-refractivity contribution in [3.63, 3.8) is 0 Å². The number of para-hydroxylation sites is 1. The van der Waals surface area contributed by atoms with Crippen LogP contribution in [0.25, 0.3) is 0 Å². The van der Waals surface area contributed by atoms with E-state index in [0.29, 0.717) is 23.7 Å². The van der Waals surface area contributed by atoms with E-state index in [0.717, 1.165) is 48.9 Å². The minimum absolute atomic E-state index is 0.195. The lowest BCUT2D eigenvalue weighted by Crippen LogP contribution is -2.26. The van der Waals surface area contributed by atoms with E-state index in [1.54, 1.807) is 13.1 Å². The van der Waals surface area contributed by atoms with Crippen molar-refractivity contribution in [1.29, 1.82) is 0 Å². The van der Waals surface area contributed by atoms with Crippen LogP contribution in [0.15, 0.2) is 47.4 Å². The molecule has 0 aliphatic carbocycles. The second-order valence-corrected chi connectivity index (χ2v) is 9.28. The number of nitrogens with one attached hydrogen (secondary N) is 1. The molecule has 6 nitrogen and oxygen atoms in total. The van der Waals surface area contributed by atoms with Crippen LogP contribution in [-0.4, -0.2) is 35.1 Å². The van der Waals surface area contributed by atoms with Gasteiger partial charge in [-0.15, -0.1) is 0 Å². The molecule has 156 valence electrons. The summed E-state index contributed by atoms with van der Waals surface area (Å²) in [7, 11) is -2.01. The van der Waals surface area contributed by atoms with Crippen molar-refractivity contribution in [3.05, 3.63) is 59.2 Å². The van der Waals surface area contributed by atoms with Crippen molar-refractivity contribution >= 4 is 22.2 Å². The summed E-state index contributed by atoms with van der Waals surface area (Å²) < 4.78 is 32.6. The molecule has 1 aliphatic rings. The molecule has 0 radical (unpaired) electrons. The van der Waals surface area contributed by atoms with Gasteiger partial charge in [0.05, 0.1) is 23.2 Å². The highest BCUT2D eigenvalue weighted by molar-refractivity contribution is 7.92. The molecule has 2 aromatic rings. The first-order valence-electron chi connectivity index (χ1n) is 9.94. The highest BCUT2D eigenvalue weighted by Gasteiger charge is 2.34. The Morgan fingerprint density at radius 1 is 1.07 bits per heavy atom. The van der Waals surface area contributed by atoms with E-state index in [9.17, 15) is 13.2 Å². The van der Waals surface area contributed by atoms with Crippen LogP contribution >= 0.6 is 0 Å². The Morgan fingerprint density at radius 3 is 2.62 bits per heavy atom. The zero-order valence-corrected chi connectivity index (χ0v) is 17.7. The molecular formula is C22H28N2O4S. The fraction of sp³-hybridized carbons (Fsp3) is 0.409. The molecule has 1 atom stereocenters. The van der Waals surface area contributed by atoms with Crippen molar-refractivity contribution in [2.24, 2.45) is 0 Å². The van der Waals surface area contributed by atoms with Gasteiger partial charge in [0.1, 0.15) is 0 Å². The van der Waals surface area contributed by atoms with Gasteiger partial charge in [-0.05, 0) is 55.1 Å². The van der Waals surface area contributed by atoms with Gasteiger partial charge in [-0.2, -0.15) is 0 Å². The number of hydrogen-bond donors (Lipinski definition) is 1. The maximum atomic E-state index is 13.2. The average Bonchev–Trinajstić information content (AvgIpc) is 2.78. The van der Waals surface area contributed by atoms with Gasteiger partial charge >= 0.3 is 0 Å². The SMILES string of the molecule is Cc1ccc2c(c1)S(=O)(=O)N(C)c1ccccc1C2NCCCCCCOC=O. The minimum Gasteiger partial charge on any atom is -0.468 e. The summed E-state index contributed by atoms with van der Waals surface area (Å²) in [5, 5.41) is 3.58. The van der Waals surface area contributed by atoms with Gasteiger partial charge < -0.3 is 10.1 Å². The molecule has 1 unspecified atom stereocenters. The molecule has 29 heavy (non-hydrogen) atoms. The van der Waals surface area contributed by atoms with Gasteiger partial charge in [0.15, 0.2) is 0 Å². The number of hydrogen-bond acceptors (Lipinski definition) is 5. The number of sulfonamides is 1. The maximum Gasteiger partial charge on any atom is 0.293 e. The molecule has 0 saturated heterocycles. The first-order chi connectivity index (χ1) is 14.0. The number of ether oxygens (including phenoxy) is 1. The molecular weight excluding hydrogens is 388 g/mol. The lowest BCUT2D eigenvalue weighted by atomic mass is 9.96. The summed E-state index contributed by atoms with van der Waals surface area (Å²) in [5.41, 5.74) is 3.36. The molecule has 1 heterocycles. The summed E-state index contributed by atoms with van der Waals surface area (Å²) in [5.74, 6) is 0. The molecule has 1 aliphatic heterocycles. The molecule has 0 bridgehead atoms. The van der Waals surface area contributed by atoms with Crippen LogP contribution in [0.4, 0.5) is 5.69 Å². The number of anilines is 1. The Hall–Kier alpha value is -2.38. The van der Waals surface area contributed by atoms with Crippen molar-refractivity contribution in [3.8, 4) is 0 Å². The predicted octanol–water partition coefficient (Wildman–Crippen LogP) is 3.55. The van der Waals surface area contributed by atoms with E-state index < -0.39 is 10.0 Å². The quantitative estimate of drug-likeness (QED) is 0.500. The molecule has 1 N–H and O–H groups in total. The third-order valence-electron chi connectivity index (χ3n) is 5.31. The lowest BCUT2D eigenvalue weighted by Gasteiger charge is -2.22. The maximum absolute atomic E-state index is 13.2. The van der Waals surface area contributed by atoms with Gasteiger partial charge in [0, 0.05) is 7.05 Å². The highest BCUT2D eigenvalue weighted by Crippen LogP contribution is 2.40. The average molecular weight is 417 g/mol. The molecule has 2 aromatic carbocycles. The topological polar surface area (TPSA) is 75.7 Å². The Labute approximate surface area is 172 Å². The third kappa shape index (κ3) is 4.62. The number of fused-ring (bicyclic) bond motifs is 2. The summed E-state index contributed by atoms with van der Waals surface area (Å²) in [6.45, 7) is 3.62. The smallest absolute Gasteiger partial charge is 0.293 e. The van der Waals surface area contributed by atoms with Crippen LogP contribution in [0.5, 0.6) is 0 Å². The zero-order chi connectivity index (χ0) is 20.9. The van der Waals surface area contributed by atoms with Crippen molar-refractivity contribution in [1.82, 2.24) is 5.32 Å². The number of benzene rings is 2. The van der Waals surface area contributed by atoms with Gasteiger partial charge in [-0.25, -0.2) is 8.42 Å². The Morgan fingerprint density at radius 2 is 1.83 bits per heavy atom. The zero-order valence-electron chi connectivity index (χ0n) is 16.9. The van der Waals surface area contributed by atoms with Gasteiger partial charge in [-0.3, -0.25) is 9.10 Å². The van der Waals surface area contributed by atoms with Crippen LogP contribution in [0, 0.1) is 6.92 Å². The number of carbonyl (C=O) groups excluding carboxylic acids is 1. The molecule has 0 aromatic heterocycles. The normalized spacial score (nSPS) is 17.2. The molecule has 0 spiro atoms. The van der Waals surface area contributed by atoms with Crippen LogP contribution in [0.1, 0.15) is 48.4 Å². The van der Waals surface area contributed by atoms with Gasteiger partial charge in [0.25, 0.3) is 16.5 Å². The Balaban J connectivity index is 1.83. The van der Waals surface area contributed by atoms with E-state index in [-0.39, 0.29) is 6.04 Å². The largest absolute Gasteiger partial charge is 0.468 e. The fourth-order valence-corrected chi connectivity index (χ4v) is 5.28. The molecule has 3 rings (SSSR count). The fourth-order valence-electron chi connectivity index (χ4n) is 3.74. The second-order valence-electron chi connectivity index (χ2n) is 7.34. The summed E-state index contributed by atoms with van der Waals surface area (Å²) in [6.07, 6.45) is 3.83. The number of rotatable bonds is 9. The van der Waals surface area contributed by atoms with Crippen LogP contribution in [0.3, 0.4) is 0 Å². The number of carbonyl (C=O) groups is 1. The first-order valence-corrected chi connectivity index (χ1v) is 11.4. The van der Waals surface area contributed by atoms with E-state index in [1.165, 1.54) is 4.31 Å². The molecule has 0 fully saturated rings. The van der Waals surface area contributed by atoms with Gasteiger partial charge in [-0.1, -0.05) is 43.2 Å². The van der Waals surface area contributed by atoms with Gasteiger partial charge in [0.2, 0.25) is 0 Å². The summed E-state index contributed by atoms with van der Waals surface area (Å²) >= 11 is 0. The Kier molecular flexibility index (Phi) is 6.92. The monoisotopic (exact) mass is 416 g/mol. The summed E-state index contributed by atoms with van der Waals surface area (Å²) in [4.78, 5) is 10.5. The van der Waals surface area contributed by atoms with E-state index in [4.69, 9.17) is 4.74 Å². The minimum atomic E-state index is -3.62.